The predicted molar refractivity (Wildman–Crippen MR) is 133 cm³/mol. The van der Waals surface area contributed by atoms with Gasteiger partial charge in [0.15, 0.2) is 0 Å². The van der Waals surface area contributed by atoms with E-state index in [1.807, 2.05) is 24.3 Å². The molecule has 9 heteroatoms. The number of morpholine rings is 1. The Bertz CT molecular complexity index is 1050. The molecule has 0 spiro atoms. The zero-order valence-corrected chi connectivity index (χ0v) is 20.5. The molecule has 0 bridgehead atoms. The van der Waals surface area contributed by atoms with E-state index in [0.29, 0.717) is 11.7 Å². The summed E-state index contributed by atoms with van der Waals surface area (Å²) in [5, 5.41) is 15.7. The number of nitrogens with zero attached hydrogens (tertiary/aromatic N) is 5. The Morgan fingerprint density at radius 3 is 2.62 bits per heavy atom. The number of amides is 1. The lowest BCUT2D eigenvalue weighted by Crippen LogP contribution is -2.36. The molecule has 1 fully saturated rings. The summed E-state index contributed by atoms with van der Waals surface area (Å²) >= 11 is 1.34. The zero-order valence-electron chi connectivity index (χ0n) is 19.7. The van der Waals surface area contributed by atoms with Gasteiger partial charge in [0, 0.05) is 26.2 Å². The predicted octanol–water partition coefficient (Wildman–Crippen LogP) is 3.25. The lowest BCUT2D eigenvalue weighted by Gasteiger charge is -2.27. The number of carbonyl (C=O) groups is 1. The Kier molecular flexibility index (Phi) is 9.06. The van der Waals surface area contributed by atoms with Crippen LogP contribution in [0.25, 0.3) is 5.69 Å². The molecule has 3 aromatic rings. The molecule has 2 heterocycles. The number of unbranched alkanes of at least 4 members (excludes halogenated alkanes) is 1. The van der Waals surface area contributed by atoms with Gasteiger partial charge < -0.3 is 10.1 Å². The summed E-state index contributed by atoms with van der Waals surface area (Å²) in [6.45, 7) is 7.00. The van der Waals surface area contributed by atoms with E-state index in [2.05, 4.69) is 56.9 Å². The van der Waals surface area contributed by atoms with Crippen LogP contribution in [0.15, 0.2) is 53.7 Å². The Labute approximate surface area is 205 Å². The van der Waals surface area contributed by atoms with Crippen molar-refractivity contribution >= 4 is 17.7 Å². The number of nitrogens with one attached hydrogen (secondary N) is 1. The van der Waals surface area contributed by atoms with E-state index >= 15 is 0 Å². The van der Waals surface area contributed by atoms with Crippen molar-refractivity contribution in [1.82, 2.24) is 30.4 Å². The molecule has 1 saturated heterocycles. The molecule has 4 rings (SSSR count). The maximum absolute atomic E-state index is 12.6. The monoisotopic (exact) mass is 480 g/mol. The van der Waals surface area contributed by atoms with Gasteiger partial charge in [0.25, 0.3) is 0 Å². The number of tetrazole rings is 1. The number of hydrogen-bond donors (Lipinski definition) is 1. The summed E-state index contributed by atoms with van der Waals surface area (Å²) in [6, 6.07) is 16.5. The molecule has 1 N–H and O–H groups in total. The Morgan fingerprint density at radius 2 is 1.85 bits per heavy atom. The zero-order chi connectivity index (χ0) is 23.6. The van der Waals surface area contributed by atoms with Crippen molar-refractivity contribution in [3.8, 4) is 5.69 Å². The fraction of sp³-hybridized carbons (Fsp3) is 0.440. The van der Waals surface area contributed by atoms with E-state index in [-0.39, 0.29) is 11.7 Å². The van der Waals surface area contributed by atoms with Crippen molar-refractivity contribution in [2.75, 3.05) is 32.1 Å². The molecule has 1 aliphatic heterocycles. The van der Waals surface area contributed by atoms with Crippen LogP contribution in [0.4, 0.5) is 0 Å². The smallest absolute Gasteiger partial charge is 0.230 e. The third-order valence-electron chi connectivity index (χ3n) is 5.87. The Hall–Kier alpha value is -2.75. The number of aromatic nitrogens is 4. The maximum atomic E-state index is 12.6. The van der Waals surface area contributed by atoms with Crippen molar-refractivity contribution in [1.29, 1.82) is 0 Å². The van der Waals surface area contributed by atoms with Crippen molar-refractivity contribution in [2.45, 2.75) is 44.4 Å². The summed E-state index contributed by atoms with van der Waals surface area (Å²) in [5.41, 5.74) is 4.58. The average molecular weight is 481 g/mol. The number of thioether (sulfide) groups is 1. The largest absolute Gasteiger partial charge is 0.379 e. The average Bonchev–Trinajstić information content (AvgIpc) is 3.35. The molecular weight excluding hydrogens is 448 g/mol. The van der Waals surface area contributed by atoms with E-state index in [4.69, 9.17) is 4.74 Å². The van der Waals surface area contributed by atoms with Crippen LogP contribution in [0.5, 0.6) is 0 Å². The molecule has 1 aliphatic rings. The highest BCUT2D eigenvalue weighted by Gasteiger charge is 2.14. The van der Waals surface area contributed by atoms with Gasteiger partial charge >= 0.3 is 0 Å². The fourth-order valence-electron chi connectivity index (χ4n) is 3.88. The standard InChI is InChI=1S/C25H32N6O2S/c1-2-3-6-20-9-11-23(12-10-20)31-25(27-28-29-31)34-19-24(32)26-17-21-7-4-5-8-22(21)18-30-13-15-33-16-14-30/h4-5,7-12H,2-3,6,13-19H2,1H3,(H,26,32). The molecular formula is C25H32N6O2S. The molecule has 0 unspecified atom stereocenters. The van der Waals surface area contributed by atoms with Crippen LogP contribution in [0.2, 0.25) is 0 Å². The van der Waals surface area contributed by atoms with Crippen LogP contribution >= 0.6 is 11.8 Å². The van der Waals surface area contributed by atoms with Crippen LogP contribution in [-0.2, 0) is 29.0 Å². The van der Waals surface area contributed by atoms with Gasteiger partial charge in [-0.3, -0.25) is 9.69 Å². The number of rotatable bonds is 11. The van der Waals surface area contributed by atoms with Gasteiger partial charge in [0.1, 0.15) is 0 Å². The van der Waals surface area contributed by atoms with Crippen LogP contribution in [0, 0.1) is 0 Å². The highest BCUT2D eigenvalue weighted by molar-refractivity contribution is 7.99. The molecule has 1 amide bonds. The number of benzene rings is 2. The SMILES string of the molecule is CCCCc1ccc(-n2nnnc2SCC(=O)NCc2ccccc2CN2CCOCC2)cc1. The van der Waals surface area contributed by atoms with Gasteiger partial charge in [0.05, 0.1) is 24.7 Å². The van der Waals surface area contributed by atoms with Crippen molar-refractivity contribution < 1.29 is 9.53 Å². The van der Waals surface area contributed by atoms with E-state index in [9.17, 15) is 4.79 Å². The molecule has 0 atom stereocenters. The molecule has 0 aliphatic carbocycles. The van der Waals surface area contributed by atoms with Gasteiger partial charge in [-0.05, 0) is 52.1 Å². The van der Waals surface area contributed by atoms with E-state index in [1.165, 1.54) is 35.7 Å². The summed E-state index contributed by atoms with van der Waals surface area (Å²) < 4.78 is 7.12. The van der Waals surface area contributed by atoms with Crippen molar-refractivity contribution in [2.24, 2.45) is 0 Å². The summed E-state index contributed by atoms with van der Waals surface area (Å²) in [5.74, 6) is 0.205. The highest BCUT2D eigenvalue weighted by atomic mass is 32.2. The minimum Gasteiger partial charge on any atom is -0.379 e. The first-order valence-corrected chi connectivity index (χ1v) is 12.9. The maximum Gasteiger partial charge on any atom is 0.230 e. The number of carbonyl (C=O) groups excluding carboxylic acids is 1. The molecule has 0 radical (unpaired) electrons. The van der Waals surface area contributed by atoms with E-state index < -0.39 is 0 Å². The van der Waals surface area contributed by atoms with Crippen LogP contribution in [0.3, 0.4) is 0 Å². The van der Waals surface area contributed by atoms with E-state index in [0.717, 1.165) is 50.5 Å². The van der Waals surface area contributed by atoms with Crippen LogP contribution in [-0.4, -0.2) is 63.1 Å². The minimum atomic E-state index is -0.0457. The summed E-state index contributed by atoms with van der Waals surface area (Å²) in [4.78, 5) is 15.0. The lowest BCUT2D eigenvalue weighted by molar-refractivity contribution is -0.118. The second-order valence-electron chi connectivity index (χ2n) is 8.37. The van der Waals surface area contributed by atoms with Gasteiger partial charge in [0.2, 0.25) is 11.1 Å². The first kappa shape index (κ1) is 24.4. The quantitative estimate of drug-likeness (QED) is 0.422. The molecule has 34 heavy (non-hydrogen) atoms. The summed E-state index contributed by atoms with van der Waals surface area (Å²) in [7, 11) is 0. The topological polar surface area (TPSA) is 85.2 Å². The number of hydrogen-bond acceptors (Lipinski definition) is 7. The van der Waals surface area contributed by atoms with Crippen molar-refractivity contribution in [3.63, 3.8) is 0 Å². The number of aryl methyl sites for hydroxylation is 1. The summed E-state index contributed by atoms with van der Waals surface area (Å²) in [6.07, 6.45) is 3.43. The second-order valence-corrected chi connectivity index (χ2v) is 9.31. The van der Waals surface area contributed by atoms with Gasteiger partial charge in [-0.1, -0.05) is 61.5 Å². The van der Waals surface area contributed by atoms with Crippen LogP contribution in [0.1, 0.15) is 36.5 Å². The normalized spacial score (nSPS) is 14.3. The fourth-order valence-corrected chi connectivity index (χ4v) is 4.60. The highest BCUT2D eigenvalue weighted by Crippen LogP contribution is 2.19. The first-order valence-electron chi connectivity index (χ1n) is 11.9. The lowest BCUT2D eigenvalue weighted by atomic mass is 10.1. The molecule has 180 valence electrons. The molecule has 2 aromatic carbocycles. The Morgan fingerprint density at radius 1 is 1.09 bits per heavy atom. The molecule has 8 nitrogen and oxygen atoms in total. The third kappa shape index (κ3) is 6.88. The Balaban J connectivity index is 1.29. The van der Waals surface area contributed by atoms with Crippen LogP contribution < -0.4 is 5.32 Å². The van der Waals surface area contributed by atoms with Gasteiger partial charge in [-0.2, -0.15) is 4.68 Å². The third-order valence-corrected chi connectivity index (χ3v) is 6.78. The molecule has 1 aromatic heterocycles. The van der Waals surface area contributed by atoms with Gasteiger partial charge in [-0.15, -0.1) is 5.10 Å². The van der Waals surface area contributed by atoms with Gasteiger partial charge in [-0.25, -0.2) is 0 Å². The van der Waals surface area contributed by atoms with Crippen molar-refractivity contribution in [3.05, 3.63) is 65.2 Å². The first-order chi connectivity index (χ1) is 16.7. The molecule has 0 saturated carbocycles. The number of ether oxygens (including phenoxy) is 1. The minimum absolute atomic E-state index is 0.0457. The van der Waals surface area contributed by atoms with E-state index in [1.54, 1.807) is 4.68 Å². The second kappa shape index (κ2) is 12.6.